The maximum absolute atomic E-state index is 13.0. The highest BCUT2D eigenvalue weighted by Gasteiger charge is 2.25. The van der Waals surface area contributed by atoms with E-state index in [0.717, 1.165) is 19.5 Å². The maximum atomic E-state index is 13.0. The second kappa shape index (κ2) is 7.22. The summed E-state index contributed by atoms with van der Waals surface area (Å²) >= 11 is 3.23. The summed E-state index contributed by atoms with van der Waals surface area (Å²) in [6.07, 6.45) is 0.286. The fourth-order valence-corrected chi connectivity index (χ4v) is 2.79. The molecule has 0 spiro atoms. The highest BCUT2D eigenvalue weighted by Crippen LogP contribution is 2.26. The lowest BCUT2D eigenvalue weighted by Gasteiger charge is -2.31. The van der Waals surface area contributed by atoms with Crippen molar-refractivity contribution in [2.24, 2.45) is 5.92 Å². The Morgan fingerprint density at radius 1 is 1.57 bits per heavy atom. The van der Waals surface area contributed by atoms with Crippen molar-refractivity contribution in [3.8, 4) is 5.75 Å². The predicted molar refractivity (Wildman–Crippen MR) is 82.8 cm³/mol. The molecule has 1 aromatic carbocycles. The average molecular weight is 359 g/mol. The molecule has 1 amide bonds. The smallest absolute Gasteiger partial charge is 0.261 e. The number of carbonyl (C=O) groups is 1. The summed E-state index contributed by atoms with van der Waals surface area (Å²) in [6, 6.07) is 4.30. The fraction of sp³-hybridized carbons (Fsp3) is 0.533. The Morgan fingerprint density at radius 2 is 2.33 bits per heavy atom. The summed E-state index contributed by atoms with van der Waals surface area (Å²) in [4.78, 5) is 12.2. The van der Waals surface area contributed by atoms with E-state index in [0.29, 0.717) is 16.1 Å². The van der Waals surface area contributed by atoms with E-state index in [-0.39, 0.29) is 17.8 Å². The molecule has 116 valence electrons. The Bertz CT molecular complexity index is 512. The van der Waals surface area contributed by atoms with E-state index in [9.17, 15) is 9.18 Å². The molecule has 1 heterocycles. The van der Waals surface area contributed by atoms with E-state index >= 15 is 0 Å². The highest BCUT2D eigenvalue weighted by atomic mass is 79.9. The zero-order chi connectivity index (χ0) is 15.4. The fourth-order valence-electron chi connectivity index (χ4n) is 2.34. The number of hydrogen-bond acceptors (Lipinski definition) is 3. The first-order chi connectivity index (χ1) is 9.97. The zero-order valence-electron chi connectivity index (χ0n) is 12.2. The van der Waals surface area contributed by atoms with Gasteiger partial charge in [-0.3, -0.25) is 4.79 Å². The van der Waals surface area contributed by atoms with Gasteiger partial charge in [0.15, 0.2) is 6.10 Å². The lowest BCUT2D eigenvalue weighted by molar-refractivity contribution is -0.128. The van der Waals surface area contributed by atoms with Gasteiger partial charge in [-0.25, -0.2) is 4.39 Å². The molecule has 0 bridgehead atoms. The quantitative estimate of drug-likeness (QED) is 0.869. The molecule has 0 radical (unpaired) electrons. The standard InChI is InChI=1S/C15H20BrFN2O2/c1-9-8-18-6-5-13(9)19-15(20)10(2)21-14-4-3-11(17)7-12(14)16/h3-4,7,9-10,13,18H,5-6,8H2,1-2H3,(H,19,20). The van der Waals surface area contributed by atoms with Crippen molar-refractivity contribution >= 4 is 21.8 Å². The summed E-state index contributed by atoms with van der Waals surface area (Å²) in [5.74, 6) is 0.352. The normalized spacial score (nSPS) is 23.4. The molecular weight excluding hydrogens is 339 g/mol. The van der Waals surface area contributed by atoms with Gasteiger partial charge in [0.2, 0.25) is 0 Å². The van der Waals surface area contributed by atoms with Gasteiger partial charge in [-0.05, 0) is 66.5 Å². The minimum atomic E-state index is -0.631. The Hall–Kier alpha value is -1.14. The van der Waals surface area contributed by atoms with Crippen LogP contribution >= 0.6 is 15.9 Å². The first kappa shape index (κ1) is 16.2. The van der Waals surface area contributed by atoms with Crippen LogP contribution in [0.2, 0.25) is 0 Å². The molecule has 3 atom stereocenters. The van der Waals surface area contributed by atoms with Crippen LogP contribution in [0.1, 0.15) is 20.3 Å². The van der Waals surface area contributed by atoms with E-state index in [1.54, 1.807) is 6.92 Å². The third kappa shape index (κ3) is 4.41. The van der Waals surface area contributed by atoms with Gasteiger partial charge >= 0.3 is 0 Å². The summed E-state index contributed by atoms with van der Waals surface area (Å²) in [5.41, 5.74) is 0. The van der Waals surface area contributed by atoms with E-state index < -0.39 is 6.10 Å². The first-order valence-electron chi connectivity index (χ1n) is 7.10. The number of benzene rings is 1. The van der Waals surface area contributed by atoms with Crippen LogP contribution in [0.4, 0.5) is 4.39 Å². The lowest BCUT2D eigenvalue weighted by atomic mass is 9.95. The van der Waals surface area contributed by atoms with Gasteiger partial charge < -0.3 is 15.4 Å². The van der Waals surface area contributed by atoms with Crippen molar-refractivity contribution in [1.82, 2.24) is 10.6 Å². The molecule has 1 aromatic rings. The second-order valence-electron chi connectivity index (χ2n) is 5.42. The molecule has 0 aromatic heterocycles. The molecule has 1 aliphatic heterocycles. The second-order valence-corrected chi connectivity index (χ2v) is 6.27. The zero-order valence-corrected chi connectivity index (χ0v) is 13.7. The number of hydrogen-bond donors (Lipinski definition) is 2. The molecule has 1 saturated heterocycles. The molecule has 1 aliphatic rings. The van der Waals surface area contributed by atoms with Gasteiger partial charge in [-0.2, -0.15) is 0 Å². The third-order valence-corrected chi connectivity index (χ3v) is 4.30. The SMILES string of the molecule is CC(Oc1ccc(F)cc1Br)C(=O)NC1CCNCC1C. The van der Waals surface area contributed by atoms with Crippen LogP contribution in [0.25, 0.3) is 0 Å². The predicted octanol–water partition coefficient (Wildman–Crippen LogP) is 2.47. The minimum absolute atomic E-state index is 0.148. The number of ether oxygens (including phenoxy) is 1. The Labute approximate surface area is 132 Å². The van der Waals surface area contributed by atoms with Crippen molar-refractivity contribution < 1.29 is 13.9 Å². The van der Waals surface area contributed by atoms with Gasteiger partial charge in [0.05, 0.1) is 4.47 Å². The van der Waals surface area contributed by atoms with Crippen LogP contribution in [-0.2, 0) is 4.79 Å². The van der Waals surface area contributed by atoms with Crippen molar-refractivity contribution in [2.75, 3.05) is 13.1 Å². The Kier molecular flexibility index (Phi) is 5.58. The van der Waals surface area contributed by atoms with E-state index in [4.69, 9.17) is 4.74 Å². The number of nitrogens with one attached hydrogen (secondary N) is 2. The molecule has 0 aliphatic carbocycles. The van der Waals surface area contributed by atoms with E-state index in [1.165, 1.54) is 18.2 Å². The number of rotatable bonds is 4. The summed E-state index contributed by atoms with van der Waals surface area (Å²) in [7, 11) is 0. The number of piperidine rings is 1. The minimum Gasteiger partial charge on any atom is -0.480 e. The Balaban J connectivity index is 1.92. The molecule has 3 unspecified atom stereocenters. The number of carbonyl (C=O) groups excluding carboxylic acids is 1. The molecular formula is C15H20BrFN2O2. The van der Waals surface area contributed by atoms with Crippen molar-refractivity contribution in [2.45, 2.75) is 32.4 Å². The molecule has 21 heavy (non-hydrogen) atoms. The summed E-state index contributed by atoms with van der Waals surface area (Å²) < 4.78 is 19.1. The van der Waals surface area contributed by atoms with Gasteiger partial charge in [-0.15, -0.1) is 0 Å². The lowest BCUT2D eigenvalue weighted by Crippen LogP contribution is -2.51. The largest absolute Gasteiger partial charge is 0.480 e. The van der Waals surface area contributed by atoms with Crippen LogP contribution in [0, 0.1) is 11.7 Å². The van der Waals surface area contributed by atoms with Crippen LogP contribution < -0.4 is 15.4 Å². The monoisotopic (exact) mass is 358 g/mol. The van der Waals surface area contributed by atoms with Gasteiger partial charge in [0, 0.05) is 6.04 Å². The van der Waals surface area contributed by atoms with Gasteiger partial charge in [0.25, 0.3) is 5.91 Å². The highest BCUT2D eigenvalue weighted by molar-refractivity contribution is 9.10. The maximum Gasteiger partial charge on any atom is 0.261 e. The number of amides is 1. The van der Waals surface area contributed by atoms with Crippen LogP contribution in [0.15, 0.2) is 22.7 Å². The number of halogens is 2. The van der Waals surface area contributed by atoms with Gasteiger partial charge in [-0.1, -0.05) is 6.92 Å². The van der Waals surface area contributed by atoms with Crippen molar-refractivity contribution in [3.05, 3.63) is 28.5 Å². The molecule has 4 nitrogen and oxygen atoms in total. The van der Waals surface area contributed by atoms with E-state index in [1.807, 2.05) is 0 Å². The van der Waals surface area contributed by atoms with Crippen LogP contribution in [0.3, 0.4) is 0 Å². The molecule has 2 rings (SSSR count). The van der Waals surface area contributed by atoms with Crippen LogP contribution in [0.5, 0.6) is 5.75 Å². The van der Waals surface area contributed by atoms with Crippen molar-refractivity contribution in [3.63, 3.8) is 0 Å². The molecule has 2 N–H and O–H groups in total. The molecule has 0 saturated carbocycles. The van der Waals surface area contributed by atoms with Crippen LogP contribution in [-0.4, -0.2) is 31.1 Å². The average Bonchev–Trinajstić information content (AvgIpc) is 2.44. The molecule has 6 heteroatoms. The summed E-state index contributed by atoms with van der Waals surface area (Å²) in [6.45, 7) is 5.62. The third-order valence-electron chi connectivity index (χ3n) is 3.68. The first-order valence-corrected chi connectivity index (χ1v) is 7.89. The van der Waals surface area contributed by atoms with E-state index in [2.05, 4.69) is 33.5 Å². The van der Waals surface area contributed by atoms with Crippen molar-refractivity contribution in [1.29, 1.82) is 0 Å². The topological polar surface area (TPSA) is 50.4 Å². The van der Waals surface area contributed by atoms with Gasteiger partial charge in [0.1, 0.15) is 11.6 Å². The molecule has 1 fully saturated rings. The summed E-state index contributed by atoms with van der Waals surface area (Å²) in [5, 5.41) is 6.32. The Morgan fingerprint density at radius 3 is 3.00 bits per heavy atom.